The highest BCUT2D eigenvalue weighted by Gasteiger charge is 2.28. The lowest BCUT2D eigenvalue weighted by Gasteiger charge is -2.22. The van der Waals surface area contributed by atoms with Gasteiger partial charge >= 0.3 is 0 Å². The first-order valence-corrected chi connectivity index (χ1v) is 11.6. The maximum absolute atomic E-state index is 12.9. The van der Waals surface area contributed by atoms with Crippen LogP contribution in [0, 0.1) is 0 Å². The van der Waals surface area contributed by atoms with Crippen molar-refractivity contribution in [3.63, 3.8) is 0 Å². The van der Waals surface area contributed by atoms with Gasteiger partial charge in [0.25, 0.3) is 15.9 Å². The first-order chi connectivity index (χ1) is 14.8. The van der Waals surface area contributed by atoms with Gasteiger partial charge in [0.05, 0.1) is 4.90 Å². The van der Waals surface area contributed by atoms with E-state index >= 15 is 0 Å². The summed E-state index contributed by atoms with van der Waals surface area (Å²) >= 11 is 6.28. The van der Waals surface area contributed by atoms with Crippen LogP contribution < -0.4 is 9.46 Å². The molecule has 0 saturated carbocycles. The Balaban J connectivity index is 1.62. The number of nitrogens with zero attached hydrogens (tertiary/aromatic N) is 1. The Kier molecular flexibility index (Phi) is 5.89. The van der Waals surface area contributed by atoms with E-state index in [-0.39, 0.29) is 17.3 Å². The van der Waals surface area contributed by atoms with E-state index in [2.05, 4.69) is 4.72 Å². The van der Waals surface area contributed by atoms with Gasteiger partial charge in [-0.15, -0.1) is 0 Å². The Hall–Kier alpha value is -3.03. The Morgan fingerprint density at radius 2 is 1.77 bits per heavy atom. The van der Waals surface area contributed by atoms with E-state index in [0.29, 0.717) is 28.6 Å². The molecule has 1 atom stereocenters. The SMILES string of the molecule is CC1Oc2ccc(NS(=O)(=O)c3ccccc3)cc2CN(Cc2ccccc2Cl)C1=O. The second-order valence-corrected chi connectivity index (χ2v) is 9.38. The van der Waals surface area contributed by atoms with Gasteiger partial charge in [-0.05, 0) is 48.9 Å². The Morgan fingerprint density at radius 1 is 1.06 bits per heavy atom. The quantitative estimate of drug-likeness (QED) is 0.615. The molecule has 1 aliphatic heterocycles. The number of carbonyl (C=O) groups excluding carboxylic acids is 1. The molecule has 0 saturated heterocycles. The zero-order valence-electron chi connectivity index (χ0n) is 16.8. The molecule has 1 unspecified atom stereocenters. The van der Waals surface area contributed by atoms with Crippen molar-refractivity contribution in [2.75, 3.05) is 4.72 Å². The summed E-state index contributed by atoms with van der Waals surface area (Å²) in [5, 5.41) is 0.581. The number of hydrogen-bond donors (Lipinski definition) is 1. The molecular weight excluding hydrogens is 436 g/mol. The minimum atomic E-state index is -3.73. The molecule has 0 spiro atoms. The van der Waals surface area contributed by atoms with E-state index in [0.717, 1.165) is 5.56 Å². The van der Waals surface area contributed by atoms with Crippen LogP contribution in [0.2, 0.25) is 5.02 Å². The van der Waals surface area contributed by atoms with Gasteiger partial charge in [-0.3, -0.25) is 9.52 Å². The molecule has 0 fully saturated rings. The Bertz CT molecular complexity index is 1220. The van der Waals surface area contributed by atoms with Crippen molar-refractivity contribution >= 4 is 33.2 Å². The highest BCUT2D eigenvalue weighted by Crippen LogP contribution is 2.31. The summed E-state index contributed by atoms with van der Waals surface area (Å²) in [7, 11) is -3.73. The molecule has 1 heterocycles. The minimum Gasteiger partial charge on any atom is -0.481 e. The average molecular weight is 457 g/mol. The number of nitrogens with one attached hydrogen (secondary N) is 1. The summed E-state index contributed by atoms with van der Waals surface area (Å²) in [5.74, 6) is 0.382. The van der Waals surface area contributed by atoms with Crippen molar-refractivity contribution in [3.05, 3.63) is 88.9 Å². The number of halogens is 1. The molecule has 4 rings (SSSR count). The highest BCUT2D eigenvalue weighted by atomic mass is 35.5. The van der Waals surface area contributed by atoms with E-state index in [4.69, 9.17) is 16.3 Å². The third-order valence-corrected chi connectivity index (χ3v) is 6.78. The van der Waals surface area contributed by atoms with E-state index in [1.807, 2.05) is 18.2 Å². The predicted molar refractivity (Wildman–Crippen MR) is 119 cm³/mol. The molecule has 0 radical (unpaired) electrons. The normalized spacial score (nSPS) is 16.3. The van der Waals surface area contributed by atoms with Crippen molar-refractivity contribution in [3.8, 4) is 5.75 Å². The lowest BCUT2D eigenvalue weighted by molar-refractivity contribution is -0.138. The van der Waals surface area contributed by atoms with Gasteiger partial charge in [0, 0.05) is 29.4 Å². The van der Waals surface area contributed by atoms with Crippen LogP contribution in [-0.2, 0) is 27.9 Å². The van der Waals surface area contributed by atoms with Gasteiger partial charge in [-0.25, -0.2) is 8.42 Å². The monoisotopic (exact) mass is 456 g/mol. The second-order valence-electron chi connectivity index (χ2n) is 7.29. The number of carbonyl (C=O) groups is 1. The summed E-state index contributed by atoms with van der Waals surface area (Å²) in [6.45, 7) is 2.29. The molecule has 3 aromatic rings. The number of ether oxygens (including phenoxy) is 1. The number of benzene rings is 3. The number of rotatable bonds is 5. The topological polar surface area (TPSA) is 75.7 Å². The standard InChI is InChI=1S/C23H21ClN2O4S/c1-16-23(27)26(14-17-7-5-6-10-21(17)24)15-18-13-19(11-12-22(18)30-16)25-31(28,29)20-8-3-2-4-9-20/h2-13,16,25H,14-15H2,1H3. The lowest BCUT2D eigenvalue weighted by Crippen LogP contribution is -2.37. The fourth-order valence-electron chi connectivity index (χ4n) is 3.44. The molecule has 1 N–H and O–H groups in total. The van der Waals surface area contributed by atoms with Crippen LogP contribution in [0.5, 0.6) is 5.75 Å². The number of amides is 1. The van der Waals surface area contributed by atoms with Crippen molar-refractivity contribution < 1.29 is 17.9 Å². The molecule has 31 heavy (non-hydrogen) atoms. The molecular formula is C23H21ClN2O4S. The van der Waals surface area contributed by atoms with Crippen molar-refractivity contribution in [2.24, 2.45) is 0 Å². The maximum atomic E-state index is 12.9. The fourth-order valence-corrected chi connectivity index (χ4v) is 4.71. The molecule has 3 aromatic carbocycles. The van der Waals surface area contributed by atoms with Gasteiger partial charge in [0.2, 0.25) is 0 Å². The minimum absolute atomic E-state index is 0.164. The van der Waals surface area contributed by atoms with E-state index in [9.17, 15) is 13.2 Å². The summed E-state index contributed by atoms with van der Waals surface area (Å²) in [6, 6.07) is 20.5. The number of hydrogen-bond acceptors (Lipinski definition) is 4. The smallest absolute Gasteiger partial charge is 0.263 e. The molecule has 160 valence electrons. The van der Waals surface area contributed by atoms with Crippen molar-refractivity contribution in [1.82, 2.24) is 4.90 Å². The van der Waals surface area contributed by atoms with E-state index in [1.54, 1.807) is 54.3 Å². The first-order valence-electron chi connectivity index (χ1n) is 9.73. The first kappa shape index (κ1) is 21.2. The van der Waals surface area contributed by atoms with Crippen LogP contribution in [-0.4, -0.2) is 25.3 Å². The second kappa shape index (κ2) is 8.61. The largest absolute Gasteiger partial charge is 0.481 e. The van der Waals surface area contributed by atoms with Gasteiger partial charge < -0.3 is 9.64 Å². The van der Waals surface area contributed by atoms with Crippen LogP contribution in [0.4, 0.5) is 5.69 Å². The third kappa shape index (κ3) is 4.68. The zero-order valence-corrected chi connectivity index (χ0v) is 18.4. The fraction of sp³-hybridized carbons (Fsp3) is 0.174. The predicted octanol–water partition coefficient (Wildman–Crippen LogP) is 4.45. The Morgan fingerprint density at radius 3 is 2.52 bits per heavy atom. The van der Waals surface area contributed by atoms with Crippen LogP contribution in [0.25, 0.3) is 0 Å². The van der Waals surface area contributed by atoms with Gasteiger partial charge in [-0.1, -0.05) is 48.0 Å². The van der Waals surface area contributed by atoms with Crippen LogP contribution in [0.1, 0.15) is 18.1 Å². The number of sulfonamides is 1. The molecule has 1 aliphatic rings. The Labute approximate surface area is 186 Å². The summed E-state index contributed by atoms with van der Waals surface area (Å²) < 4.78 is 33.8. The van der Waals surface area contributed by atoms with Crippen molar-refractivity contribution in [2.45, 2.75) is 31.0 Å². The zero-order chi connectivity index (χ0) is 22.0. The lowest BCUT2D eigenvalue weighted by atomic mass is 10.1. The van der Waals surface area contributed by atoms with Gasteiger partial charge in [-0.2, -0.15) is 0 Å². The van der Waals surface area contributed by atoms with Crippen molar-refractivity contribution in [1.29, 1.82) is 0 Å². The summed E-state index contributed by atoms with van der Waals surface area (Å²) in [4.78, 5) is 14.7. The molecule has 1 amide bonds. The molecule has 6 nitrogen and oxygen atoms in total. The number of fused-ring (bicyclic) bond motifs is 1. The molecule has 0 aromatic heterocycles. The molecule has 8 heteroatoms. The average Bonchev–Trinajstić information content (AvgIpc) is 2.87. The molecule has 0 bridgehead atoms. The van der Waals surface area contributed by atoms with Crippen LogP contribution in [0.3, 0.4) is 0 Å². The summed E-state index contributed by atoms with van der Waals surface area (Å²) in [6.07, 6.45) is -0.671. The van der Waals surface area contributed by atoms with Crippen LogP contribution in [0.15, 0.2) is 77.7 Å². The third-order valence-electron chi connectivity index (χ3n) is 5.01. The number of anilines is 1. The van der Waals surface area contributed by atoms with Gasteiger partial charge in [0.1, 0.15) is 5.75 Å². The van der Waals surface area contributed by atoms with Crippen LogP contribution >= 0.6 is 11.6 Å². The van der Waals surface area contributed by atoms with E-state index < -0.39 is 16.1 Å². The maximum Gasteiger partial charge on any atom is 0.263 e. The molecule has 0 aliphatic carbocycles. The van der Waals surface area contributed by atoms with E-state index in [1.165, 1.54) is 12.1 Å². The van der Waals surface area contributed by atoms with Gasteiger partial charge in [0.15, 0.2) is 6.10 Å². The highest BCUT2D eigenvalue weighted by molar-refractivity contribution is 7.92. The summed E-state index contributed by atoms with van der Waals surface area (Å²) in [5.41, 5.74) is 1.93.